The van der Waals surface area contributed by atoms with E-state index in [4.69, 9.17) is 4.74 Å². The molecular formula is C21H29N3O4. The molecule has 0 aromatic carbocycles. The van der Waals surface area contributed by atoms with Gasteiger partial charge in [0.15, 0.2) is 0 Å². The number of carbonyl (C=O) groups is 2. The molecule has 1 saturated carbocycles. The normalized spacial score (nSPS) is 25.2. The third kappa shape index (κ3) is 5.87. The molecule has 1 aromatic rings. The molecule has 0 saturated heterocycles. The van der Waals surface area contributed by atoms with Crippen molar-refractivity contribution in [3.63, 3.8) is 0 Å². The highest BCUT2D eigenvalue weighted by molar-refractivity contribution is 5.94. The predicted octanol–water partition coefficient (Wildman–Crippen LogP) is 1.58. The first-order valence-corrected chi connectivity index (χ1v) is 10.1. The highest BCUT2D eigenvalue weighted by atomic mass is 16.5. The van der Waals surface area contributed by atoms with E-state index in [1.54, 1.807) is 36.7 Å². The first-order valence-electron chi connectivity index (χ1n) is 10.1. The van der Waals surface area contributed by atoms with Crippen molar-refractivity contribution in [2.45, 2.75) is 56.8 Å². The third-order valence-corrected chi connectivity index (χ3v) is 5.40. The van der Waals surface area contributed by atoms with Crippen LogP contribution < -0.4 is 10.6 Å². The van der Waals surface area contributed by atoms with E-state index in [9.17, 15) is 14.7 Å². The fourth-order valence-electron chi connectivity index (χ4n) is 3.78. The van der Waals surface area contributed by atoms with Gasteiger partial charge in [0.25, 0.3) is 5.91 Å². The molecule has 152 valence electrons. The Balaban J connectivity index is 1.48. The fraction of sp³-hybridized carbons (Fsp3) is 0.571. The molecule has 3 rings (SSSR count). The minimum atomic E-state index is -0.591. The molecule has 1 fully saturated rings. The molecule has 7 nitrogen and oxygen atoms in total. The van der Waals surface area contributed by atoms with Crippen molar-refractivity contribution < 1.29 is 19.4 Å². The Kier molecular flexibility index (Phi) is 7.56. The topological polar surface area (TPSA) is 101 Å². The Bertz CT molecular complexity index is 673. The number of aromatic nitrogens is 1. The monoisotopic (exact) mass is 387 g/mol. The maximum Gasteiger partial charge on any atom is 0.251 e. The van der Waals surface area contributed by atoms with E-state index in [2.05, 4.69) is 15.6 Å². The molecule has 0 radical (unpaired) electrons. The molecule has 1 aromatic heterocycles. The van der Waals surface area contributed by atoms with E-state index in [-0.39, 0.29) is 24.8 Å². The standard InChI is InChI=1S/C21H29N3O4/c25-14-19-18(24-21(27)16-8-10-22-11-9-16)7-6-17(28-19)12-20(26)23-13-15-4-2-1-3-5-15/h6-11,15,17-19,25H,1-5,12-14H2,(H,23,26)(H,24,27)/t17-,18-,19-/m0/s1. The Hall–Kier alpha value is -2.25. The second-order valence-corrected chi connectivity index (χ2v) is 7.53. The zero-order valence-corrected chi connectivity index (χ0v) is 16.0. The van der Waals surface area contributed by atoms with Crippen molar-refractivity contribution in [1.29, 1.82) is 0 Å². The maximum atomic E-state index is 12.3. The van der Waals surface area contributed by atoms with Gasteiger partial charge in [0, 0.05) is 24.5 Å². The van der Waals surface area contributed by atoms with Crippen LogP contribution >= 0.6 is 0 Å². The Morgan fingerprint density at radius 2 is 1.89 bits per heavy atom. The summed E-state index contributed by atoms with van der Waals surface area (Å²) in [6.45, 7) is 0.481. The van der Waals surface area contributed by atoms with E-state index >= 15 is 0 Å². The van der Waals surface area contributed by atoms with E-state index in [0.29, 0.717) is 11.5 Å². The van der Waals surface area contributed by atoms with Crippen LogP contribution in [0.25, 0.3) is 0 Å². The van der Waals surface area contributed by atoms with Gasteiger partial charge in [0.05, 0.1) is 25.2 Å². The highest BCUT2D eigenvalue weighted by Crippen LogP contribution is 2.23. The zero-order chi connectivity index (χ0) is 19.8. The first-order chi connectivity index (χ1) is 13.7. The SMILES string of the molecule is O=C(C[C@@H]1C=C[C@H](NC(=O)c2ccncc2)[C@H](CO)O1)NCC1CCCCC1. The van der Waals surface area contributed by atoms with E-state index < -0.39 is 18.2 Å². The lowest BCUT2D eigenvalue weighted by molar-refractivity contribution is -0.125. The number of hydrogen-bond donors (Lipinski definition) is 3. The summed E-state index contributed by atoms with van der Waals surface area (Å²) in [5.41, 5.74) is 0.490. The molecule has 28 heavy (non-hydrogen) atoms. The quantitative estimate of drug-likeness (QED) is 0.617. The Morgan fingerprint density at radius 1 is 1.14 bits per heavy atom. The van der Waals surface area contributed by atoms with Crippen molar-refractivity contribution in [3.8, 4) is 0 Å². The van der Waals surface area contributed by atoms with Crippen LogP contribution in [0.1, 0.15) is 48.9 Å². The van der Waals surface area contributed by atoms with Gasteiger partial charge in [-0.15, -0.1) is 0 Å². The number of rotatable bonds is 7. The second kappa shape index (κ2) is 10.3. The van der Waals surface area contributed by atoms with Gasteiger partial charge in [-0.2, -0.15) is 0 Å². The molecule has 2 aliphatic rings. The van der Waals surface area contributed by atoms with Crippen molar-refractivity contribution >= 4 is 11.8 Å². The smallest absolute Gasteiger partial charge is 0.251 e. The van der Waals surface area contributed by atoms with Gasteiger partial charge in [0.1, 0.15) is 6.10 Å². The van der Waals surface area contributed by atoms with Crippen molar-refractivity contribution in [1.82, 2.24) is 15.6 Å². The average molecular weight is 387 g/mol. The molecular weight excluding hydrogens is 358 g/mol. The van der Waals surface area contributed by atoms with Gasteiger partial charge in [-0.1, -0.05) is 31.4 Å². The van der Waals surface area contributed by atoms with Gasteiger partial charge < -0.3 is 20.5 Å². The summed E-state index contributed by atoms with van der Waals surface area (Å²) in [6.07, 6.45) is 12.1. The molecule has 3 N–H and O–H groups in total. The van der Waals surface area contributed by atoms with Gasteiger partial charge in [0.2, 0.25) is 5.91 Å². The van der Waals surface area contributed by atoms with Crippen LogP contribution in [0.2, 0.25) is 0 Å². The van der Waals surface area contributed by atoms with E-state index in [1.165, 1.54) is 32.1 Å². The zero-order valence-electron chi connectivity index (χ0n) is 16.0. The third-order valence-electron chi connectivity index (χ3n) is 5.40. The molecule has 0 bridgehead atoms. The number of ether oxygens (including phenoxy) is 1. The molecule has 2 amide bonds. The first kappa shape index (κ1) is 20.5. The van der Waals surface area contributed by atoms with Crippen LogP contribution in [-0.4, -0.2) is 53.3 Å². The lowest BCUT2D eigenvalue weighted by Crippen LogP contribution is -2.49. The molecule has 0 spiro atoms. The molecule has 2 heterocycles. The summed E-state index contributed by atoms with van der Waals surface area (Å²) in [7, 11) is 0. The average Bonchev–Trinajstić information content (AvgIpc) is 2.74. The van der Waals surface area contributed by atoms with E-state index in [0.717, 1.165) is 6.54 Å². The number of nitrogens with one attached hydrogen (secondary N) is 2. The molecule has 7 heteroatoms. The summed E-state index contributed by atoms with van der Waals surface area (Å²) < 4.78 is 5.82. The van der Waals surface area contributed by atoms with Crippen LogP contribution in [0.3, 0.4) is 0 Å². The number of nitrogens with zero attached hydrogens (tertiary/aromatic N) is 1. The minimum absolute atomic E-state index is 0.0452. The van der Waals surface area contributed by atoms with Crippen LogP contribution in [0, 0.1) is 5.92 Å². The van der Waals surface area contributed by atoms with Gasteiger partial charge in [-0.05, 0) is 30.9 Å². The summed E-state index contributed by atoms with van der Waals surface area (Å²) >= 11 is 0. The van der Waals surface area contributed by atoms with Gasteiger partial charge in [-0.25, -0.2) is 0 Å². The number of pyridine rings is 1. The predicted molar refractivity (Wildman–Crippen MR) is 105 cm³/mol. The lowest BCUT2D eigenvalue weighted by Gasteiger charge is -2.31. The molecule has 1 aliphatic carbocycles. The van der Waals surface area contributed by atoms with Crippen molar-refractivity contribution in [2.24, 2.45) is 5.92 Å². The Labute approximate surface area is 165 Å². The summed E-state index contributed by atoms with van der Waals surface area (Å²) in [4.78, 5) is 28.4. The summed E-state index contributed by atoms with van der Waals surface area (Å²) in [5, 5.41) is 15.5. The number of amides is 2. The number of hydrogen-bond acceptors (Lipinski definition) is 5. The number of aliphatic hydroxyl groups is 1. The van der Waals surface area contributed by atoms with Crippen LogP contribution in [-0.2, 0) is 9.53 Å². The van der Waals surface area contributed by atoms with E-state index in [1.807, 2.05) is 0 Å². The highest BCUT2D eigenvalue weighted by Gasteiger charge is 2.29. The van der Waals surface area contributed by atoms with Crippen molar-refractivity contribution in [3.05, 3.63) is 42.2 Å². The maximum absolute atomic E-state index is 12.3. The number of aliphatic hydroxyl groups excluding tert-OH is 1. The summed E-state index contributed by atoms with van der Waals surface area (Å²) in [6, 6.07) is 2.79. The number of carbonyl (C=O) groups excluding carboxylic acids is 2. The molecule has 3 atom stereocenters. The minimum Gasteiger partial charge on any atom is -0.394 e. The van der Waals surface area contributed by atoms with Crippen LogP contribution in [0.4, 0.5) is 0 Å². The van der Waals surface area contributed by atoms with Gasteiger partial charge in [-0.3, -0.25) is 14.6 Å². The van der Waals surface area contributed by atoms with Crippen LogP contribution in [0.15, 0.2) is 36.7 Å². The van der Waals surface area contributed by atoms with Crippen molar-refractivity contribution in [2.75, 3.05) is 13.2 Å². The summed E-state index contributed by atoms with van der Waals surface area (Å²) in [5.74, 6) is 0.275. The Morgan fingerprint density at radius 3 is 2.61 bits per heavy atom. The largest absolute Gasteiger partial charge is 0.394 e. The fourth-order valence-corrected chi connectivity index (χ4v) is 3.78. The lowest BCUT2D eigenvalue weighted by atomic mass is 9.89. The van der Waals surface area contributed by atoms with Crippen LogP contribution in [0.5, 0.6) is 0 Å². The second-order valence-electron chi connectivity index (χ2n) is 7.53. The molecule has 0 unspecified atom stereocenters. The molecule has 1 aliphatic heterocycles. The van der Waals surface area contributed by atoms with Gasteiger partial charge >= 0.3 is 0 Å².